The molecule has 102 valence electrons. The van der Waals surface area contributed by atoms with E-state index in [0.29, 0.717) is 17.7 Å². The molecule has 0 bridgehead atoms. The van der Waals surface area contributed by atoms with Gasteiger partial charge in [-0.15, -0.1) is 0 Å². The largest absolute Gasteiger partial charge is 0.348 e. The van der Waals surface area contributed by atoms with Crippen molar-refractivity contribution in [1.29, 1.82) is 0 Å². The molecule has 2 aromatic rings. The standard InChI is InChI=1S/C16H16N2OS/c1-12-10-20-11-14(12)9-18-16(19)15-7-3-2-5-13(15)6-4-8-17/h2-3,5,7,10-11H,8-9,17H2,1H3,(H,18,19). The van der Waals surface area contributed by atoms with Crippen molar-refractivity contribution in [1.82, 2.24) is 5.32 Å². The fourth-order valence-corrected chi connectivity index (χ4v) is 2.63. The Morgan fingerprint density at radius 2 is 2.15 bits per heavy atom. The minimum absolute atomic E-state index is 0.113. The molecule has 0 aliphatic heterocycles. The Kier molecular flexibility index (Phi) is 4.94. The van der Waals surface area contributed by atoms with E-state index in [-0.39, 0.29) is 12.5 Å². The van der Waals surface area contributed by atoms with E-state index < -0.39 is 0 Å². The lowest BCUT2D eigenvalue weighted by Crippen LogP contribution is -2.23. The summed E-state index contributed by atoms with van der Waals surface area (Å²) in [4.78, 5) is 12.2. The fourth-order valence-electron chi connectivity index (χ4n) is 1.78. The van der Waals surface area contributed by atoms with Crippen molar-refractivity contribution in [3.05, 3.63) is 57.3 Å². The minimum Gasteiger partial charge on any atom is -0.348 e. The predicted octanol–water partition coefficient (Wildman–Crippen LogP) is 2.30. The monoisotopic (exact) mass is 284 g/mol. The second kappa shape index (κ2) is 6.90. The molecule has 0 aliphatic rings. The topological polar surface area (TPSA) is 55.1 Å². The molecule has 1 heterocycles. The predicted molar refractivity (Wildman–Crippen MR) is 82.6 cm³/mol. The first-order valence-corrected chi connectivity index (χ1v) is 7.24. The lowest BCUT2D eigenvalue weighted by molar-refractivity contribution is 0.0950. The summed E-state index contributed by atoms with van der Waals surface area (Å²) in [5, 5.41) is 7.05. The second-order valence-corrected chi connectivity index (χ2v) is 5.06. The summed E-state index contributed by atoms with van der Waals surface area (Å²) in [5.74, 6) is 5.59. The van der Waals surface area contributed by atoms with E-state index in [2.05, 4.69) is 27.9 Å². The van der Waals surface area contributed by atoms with Gasteiger partial charge in [0.15, 0.2) is 0 Å². The molecule has 0 saturated carbocycles. The third kappa shape index (κ3) is 3.47. The van der Waals surface area contributed by atoms with Crippen molar-refractivity contribution >= 4 is 17.2 Å². The molecule has 3 N–H and O–H groups in total. The molecule has 1 aromatic heterocycles. The van der Waals surface area contributed by atoms with E-state index >= 15 is 0 Å². The number of carbonyl (C=O) groups excluding carboxylic acids is 1. The van der Waals surface area contributed by atoms with Gasteiger partial charge in [0, 0.05) is 12.1 Å². The highest BCUT2D eigenvalue weighted by Gasteiger charge is 2.09. The van der Waals surface area contributed by atoms with Crippen molar-refractivity contribution in [3.8, 4) is 11.8 Å². The summed E-state index contributed by atoms with van der Waals surface area (Å²) >= 11 is 1.64. The SMILES string of the molecule is Cc1cscc1CNC(=O)c1ccccc1C#CCN. The van der Waals surface area contributed by atoms with Crippen LogP contribution in [0.1, 0.15) is 27.0 Å². The summed E-state index contributed by atoms with van der Waals surface area (Å²) in [6.07, 6.45) is 0. The molecule has 0 fully saturated rings. The first-order valence-electron chi connectivity index (χ1n) is 6.30. The van der Waals surface area contributed by atoms with Gasteiger partial charge in [0.2, 0.25) is 0 Å². The quantitative estimate of drug-likeness (QED) is 0.850. The molecule has 4 heteroatoms. The number of aryl methyl sites for hydroxylation is 1. The van der Waals surface area contributed by atoms with Crippen LogP contribution >= 0.6 is 11.3 Å². The summed E-state index contributed by atoms with van der Waals surface area (Å²) in [6.45, 7) is 2.86. The summed E-state index contributed by atoms with van der Waals surface area (Å²) in [5.41, 5.74) is 9.01. The molecular weight excluding hydrogens is 268 g/mol. The molecule has 0 saturated heterocycles. The molecule has 0 unspecified atom stereocenters. The van der Waals surface area contributed by atoms with Crippen molar-refractivity contribution in [2.45, 2.75) is 13.5 Å². The smallest absolute Gasteiger partial charge is 0.252 e. The zero-order chi connectivity index (χ0) is 14.4. The first-order chi connectivity index (χ1) is 9.72. The lowest BCUT2D eigenvalue weighted by atomic mass is 10.1. The summed E-state index contributed by atoms with van der Waals surface area (Å²) in [7, 11) is 0. The first kappa shape index (κ1) is 14.3. The van der Waals surface area contributed by atoms with Crippen molar-refractivity contribution in [2.24, 2.45) is 5.73 Å². The second-order valence-electron chi connectivity index (χ2n) is 4.31. The average molecular weight is 284 g/mol. The maximum Gasteiger partial charge on any atom is 0.252 e. The summed E-state index contributed by atoms with van der Waals surface area (Å²) in [6, 6.07) is 7.29. The number of benzene rings is 1. The van der Waals surface area contributed by atoms with E-state index in [4.69, 9.17) is 5.73 Å². The molecule has 0 spiro atoms. The number of rotatable bonds is 3. The Hall–Kier alpha value is -2.09. The van der Waals surface area contributed by atoms with E-state index in [1.165, 1.54) is 5.56 Å². The van der Waals surface area contributed by atoms with Crippen LogP contribution in [0.15, 0.2) is 35.0 Å². The fraction of sp³-hybridized carbons (Fsp3) is 0.188. The van der Waals surface area contributed by atoms with Gasteiger partial charge in [-0.25, -0.2) is 0 Å². The minimum atomic E-state index is -0.113. The van der Waals surface area contributed by atoms with E-state index in [1.807, 2.05) is 25.1 Å². The van der Waals surface area contributed by atoms with Crippen LogP contribution in [-0.4, -0.2) is 12.5 Å². The highest BCUT2D eigenvalue weighted by molar-refractivity contribution is 7.08. The molecule has 1 amide bonds. The average Bonchev–Trinajstić information content (AvgIpc) is 2.88. The van der Waals surface area contributed by atoms with Gasteiger partial charge < -0.3 is 11.1 Å². The van der Waals surface area contributed by atoms with E-state index in [1.54, 1.807) is 17.4 Å². The van der Waals surface area contributed by atoms with Crippen molar-refractivity contribution < 1.29 is 4.79 Å². The van der Waals surface area contributed by atoms with Crippen LogP contribution in [0.4, 0.5) is 0 Å². The van der Waals surface area contributed by atoms with Crippen LogP contribution in [0.3, 0.4) is 0 Å². The third-order valence-corrected chi connectivity index (χ3v) is 3.81. The Morgan fingerprint density at radius 3 is 2.85 bits per heavy atom. The zero-order valence-electron chi connectivity index (χ0n) is 11.3. The molecule has 0 radical (unpaired) electrons. The van der Waals surface area contributed by atoms with Crippen molar-refractivity contribution in [3.63, 3.8) is 0 Å². The number of amides is 1. The Morgan fingerprint density at radius 1 is 1.35 bits per heavy atom. The number of nitrogens with two attached hydrogens (primary N) is 1. The van der Waals surface area contributed by atoms with Gasteiger partial charge in [0.25, 0.3) is 5.91 Å². The number of hydrogen-bond donors (Lipinski definition) is 2. The third-order valence-electron chi connectivity index (χ3n) is 2.90. The van der Waals surface area contributed by atoms with Gasteiger partial charge in [-0.05, 0) is 40.9 Å². The molecule has 0 aliphatic carbocycles. The van der Waals surface area contributed by atoms with Crippen LogP contribution in [0.5, 0.6) is 0 Å². The van der Waals surface area contributed by atoms with Crippen LogP contribution in [0.2, 0.25) is 0 Å². The van der Waals surface area contributed by atoms with Gasteiger partial charge in [-0.1, -0.05) is 24.0 Å². The summed E-state index contributed by atoms with van der Waals surface area (Å²) < 4.78 is 0. The van der Waals surface area contributed by atoms with Crippen LogP contribution in [0, 0.1) is 18.8 Å². The normalized spacial score (nSPS) is 9.70. The van der Waals surface area contributed by atoms with Gasteiger partial charge in [0.05, 0.1) is 12.1 Å². The number of nitrogens with one attached hydrogen (secondary N) is 1. The van der Waals surface area contributed by atoms with Gasteiger partial charge in [-0.3, -0.25) is 4.79 Å². The maximum atomic E-state index is 12.2. The van der Waals surface area contributed by atoms with Crippen LogP contribution in [0.25, 0.3) is 0 Å². The Balaban J connectivity index is 2.11. The van der Waals surface area contributed by atoms with Gasteiger partial charge >= 0.3 is 0 Å². The Labute approximate surface area is 122 Å². The molecule has 2 rings (SSSR count). The highest BCUT2D eigenvalue weighted by atomic mass is 32.1. The molecule has 1 aromatic carbocycles. The maximum absolute atomic E-state index is 12.2. The highest BCUT2D eigenvalue weighted by Crippen LogP contribution is 2.14. The van der Waals surface area contributed by atoms with E-state index in [0.717, 1.165) is 5.56 Å². The van der Waals surface area contributed by atoms with Crippen LogP contribution < -0.4 is 11.1 Å². The number of thiophene rings is 1. The Bertz CT molecular complexity index is 664. The van der Waals surface area contributed by atoms with Crippen LogP contribution in [-0.2, 0) is 6.54 Å². The zero-order valence-corrected chi connectivity index (χ0v) is 12.1. The molecular formula is C16H16N2OS. The molecule has 0 atom stereocenters. The van der Waals surface area contributed by atoms with E-state index in [9.17, 15) is 4.79 Å². The molecule has 3 nitrogen and oxygen atoms in total. The van der Waals surface area contributed by atoms with Gasteiger partial charge in [-0.2, -0.15) is 11.3 Å². The number of hydrogen-bond acceptors (Lipinski definition) is 3. The van der Waals surface area contributed by atoms with Crippen molar-refractivity contribution in [2.75, 3.05) is 6.54 Å². The lowest BCUT2D eigenvalue weighted by Gasteiger charge is -2.07. The molecule has 20 heavy (non-hydrogen) atoms. The number of carbonyl (C=O) groups is 1. The van der Waals surface area contributed by atoms with Gasteiger partial charge in [0.1, 0.15) is 0 Å².